The van der Waals surface area contributed by atoms with Gasteiger partial charge in [-0.1, -0.05) is 24.3 Å². The number of hydrogen-bond acceptors (Lipinski definition) is 3. The third-order valence-electron chi connectivity index (χ3n) is 3.22. The zero-order chi connectivity index (χ0) is 15.6. The van der Waals surface area contributed by atoms with E-state index in [1.54, 1.807) is 11.9 Å². The van der Waals surface area contributed by atoms with E-state index in [0.717, 1.165) is 23.3 Å². The molecule has 1 aromatic carbocycles. The summed E-state index contributed by atoms with van der Waals surface area (Å²) in [6, 6.07) is 9.54. The Labute approximate surface area is 121 Å². The summed E-state index contributed by atoms with van der Waals surface area (Å²) in [4.78, 5) is 5.62. The van der Waals surface area contributed by atoms with Gasteiger partial charge in [-0.05, 0) is 30.2 Å². The van der Waals surface area contributed by atoms with Gasteiger partial charge in [-0.15, -0.1) is 0 Å². The maximum Gasteiger partial charge on any atom is 0.416 e. The van der Waals surface area contributed by atoms with Gasteiger partial charge in [0.15, 0.2) is 0 Å². The minimum Gasteiger partial charge on any atom is -0.384 e. The second-order valence-electron chi connectivity index (χ2n) is 4.92. The van der Waals surface area contributed by atoms with Gasteiger partial charge in [0, 0.05) is 13.6 Å². The van der Waals surface area contributed by atoms with Gasteiger partial charge in [0.1, 0.15) is 11.6 Å². The Morgan fingerprint density at radius 2 is 1.86 bits per heavy atom. The summed E-state index contributed by atoms with van der Waals surface area (Å²) in [6.07, 6.45) is -4.44. The summed E-state index contributed by atoms with van der Waals surface area (Å²) in [7, 11) is 1.69. The summed E-state index contributed by atoms with van der Waals surface area (Å²) >= 11 is 0. The molecule has 0 aliphatic heterocycles. The highest BCUT2D eigenvalue weighted by atomic mass is 19.4. The van der Waals surface area contributed by atoms with E-state index in [1.165, 1.54) is 0 Å². The van der Waals surface area contributed by atoms with Crippen molar-refractivity contribution in [3.8, 4) is 0 Å². The fourth-order valence-corrected chi connectivity index (χ4v) is 2.02. The number of anilines is 2. The summed E-state index contributed by atoms with van der Waals surface area (Å²) in [5.74, 6) is 0.0574. The van der Waals surface area contributed by atoms with Crippen molar-refractivity contribution in [3.63, 3.8) is 0 Å². The average Bonchev–Trinajstić information content (AvgIpc) is 2.39. The van der Waals surface area contributed by atoms with Crippen LogP contribution in [-0.4, -0.2) is 12.0 Å². The van der Waals surface area contributed by atoms with Crippen molar-refractivity contribution >= 4 is 11.6 Å². The van der Waals surface area contributed by atoms with Crippen molar-refractivity contribution in [3.05, 3.63) is 53.1 Å². The zero-order valence-electron chi connectivity index (χ0n) is 11.8. The fraction of sp³-hybridized carbons (Fsp3) is 0.267. The molecule has 0 amide bonds. The highest BCUT2D eigenvalue weighted by Gasteiger charge is 2.31. The number of nitrogens with zero attached hydrogens (tertiary/aromatic N) is 2. The predicted molar refractivity (Wildman–Crippen MR) is 76.9 cm³/mol. The van der Waals surface area contributed by atoms with Crippen molar-refractivity contribution < 1.29 is 13.2 Å². The minimum atomic E-state index is -4.44. The first-order valence-corrected chi connectivity index (χ1v) is 6.38. The van der Waals surface area contributed by atoms with Crippen LogP contribution in [0.5, 0.6) is 0 Å². The molecule has 21 heavy (non-hydrogen) atoms. The third kappa shape index (κ3) is 3.65. The zero-order valence-corrected chi connectivity index (χ0v) is 11.8. The van der Waals surface area contributed by atoms with E-state index in [4.69, 9.17) is 5.73 Å². The molecule has 1 heterocycles. The SMILES string of the molecule is Cc1ccccc1CN(C)c1cc(C(F)(F)F)cc(N)n1. The lowest BCUT2D eigenvalue weighted by atomic mass is 10.1. The van der Waals surface area contributed by atoms with E-state index in [2.05, 4.69) is 4.98 Å². The monoisotopic (exact) mass is 295 g/mol. The molecule has 0 aliphatic carbocycles. The molecule has 0 fully saturated rings. The fourth-order valence-electron chi connectivity index (χ4n) is 2.02. The number of aromatic nitrogens is 1. The number of aryl methyl sites for hydroxylation is 1. The smallest absolute Gasteiger partial charge is 0.384 e. The molecule has 0 saturated heterocycles. The molecule has 0 spiro atoms. The van der Waals surface area contributed by atoms with Gasteiger partial charge < -0.3 is 10.6 Å². The first-order valence-electron chi connectivity index (χ1n) is 6.38. The summed E-state index contributed by atoms with van der Waals surface area (Å²) < 4.78 is 38.4. The van der Waals surface area contributed by atoms with E-state index in [-0.39, 0.29) is 11.6 Å². The number of halogens is 3. The summed E-state index contributed by atoms with van der Waals surface area (Å²) in [5, 5.41) is 0. The van der Waals surface area contributed by atoms with Crippen LogP contribution in [0.2, 0.25) is 0 Å². The Morgan fingerprint density at radius 1 is 1.19 bits per heavy atom. The second kappa shape index (κ2) is 5.63. The minimum absolute atomic E-state index is 0.142. The molecule has 6 heteroatoms. The lowest BCUT2D eigenvalue weighted by molar-refractivity contribution is -0.137. The topological polar surface area (TPSA) is 42.1 Å². The first-order chi connectivity index (χ1) is 9.77. The van der Waals surface area contributed by atoms with Crippen LogP contribution in [0.15, 0.2) is 36.4 Å². The maximum absolute atomic E-state index is 12.8. The lowest BCUT2D eigenvalue weighted by Crippen LogP contribution is -2.20. The highest BCUT2D eigenvalue weighted by molar-refractivity contribution is 5.49. The molecule has 2 rings (SSSR count). The van der Waals surface area contributed by atoms with Crippen LogP contribution in [0.4, 0.5) is 24.8 Å². The van der Waals surface area contributed by atoms with Crippen molar-refractivity contribution in [1.82, 2.24) is 4.98 Å². The summed E-state index contributed by atoms with van der Waals surface area (Å²) in [5.41, 5.74) is 6.79. The van der Waals surface area contributed by atoms with Crippen LogP contribution < -0.4 is 10.6 Å². The number of hydrogen-bond donors (Lipinski definition) is 1. The summed E-state index contributed by atoms with van der Waals surface area (Å²) in [6.45, 7) is 2.41. The van der Waals surface area contributed by atoms with Crippen LogP contribution >= 0.6 is 0 Å². The van der Waals surface area contributed by atoms with Gasteiger partial charge in [0.2, 0.25) is 0 Å². The van der Waals surface area contributed by atoms with Gasteiger partial charge in [-0.2, -0.15) is 13.2 Å². The van der Waals surface area contributed by atoms with E-state index in [9.17, 15) is 13.2 Å². The molecular formula is C15H16F3N3. The quantitative estimate of drug-likeness (QED) is 0.940. The Kier molecular flexibility index (Phi) is 4.06. The van der Waals surface area contributed by atoms with E-state index in [0.29, 0.717) is 6.54 Å². The Balaban J connectivity index is 2.29. The van der Waals surface area contributed by atoms with E-state index >= 15 is 0 Å². The number of nitrogens with two attached hydrogens (primary N) is 1. The number of benzene rings is 1. The Bertz CT molecular complexity index is 638. The average molecular weight is 295 g/mol. The molecule has 112 valence electrons. The molecule has 3 nitrogen and oxygen atoms in total. The molecule has 0 aliphatic rings. The lowest BCUT2D eigenvalue weighted by Gasteiger charge is -2.21. The normalized spacial score (nSPS) is 11.5. The van der Waals surface area contributed by atoms with E-state index in [1.807, 2.05) is 31.2 Å². The standard InChI is InChI=1S/C15H16F3N3/c1-10-5-3-4-6-11(10)9-21(2)14-8-12(15(16,17)18)7-13(19)20-14/h3-8H,9H2,1-2H3,(H2,19,20). The Hall–Kier alpha value is -2.24. The maximum atomic E-state index is 12.8. The predicted octanol–water partition coefficient (Wildman–Crippen LogP) is 3.63. The number of rotatable bonds is 3. The van der Waals surface area contributed by atoms with Crippen LogP contribution in [0.1, 0.15) is 16.7 Å². The van der Waals surface area contributed by atoms with E-state index < -0.39 is 11.7 Å². The molecule has 0 unspecified atom stereocenters. The van der Waals surface area contributed by atoms with Gasteiger partial charge in [-0.3, -0.25) is 0 Å². The van der Waals surface area contributed by atoms with Gasteiger partial charge in [-0.25, -0.2) is 4.98 Å². The Morgan fingerprint density at radius 3 is 2.48 bits per heavy atom. The molecule has 0 bridgehead atoms. The van der Waals surface area contributed by atoms with Gasteiger partial charge >= 0.3 is 6.18 Å². The molecule has 0 radical (unpaired) electrons. The first kappa shape index (κ1) is 15.2. The molecular weight excluding hydrogens is 279 g/mol. The molecule has 0 saturated carbocycles. The van der Waals surface area contributed by atoms with Gasteiger partial charge in [0.25, 0.3) is 0 Å². The largest absolute Gasteiger partial charge is 0.416 e. The van der Waals surface area contributed by atoms with Gasteiger partial charge in [0.05, 0.1) is 5.56 Å². The molecule has 2 N–H and O–H groups in total. The van der Waals surface area contributed by atoms with Crippen molar-refractivity contribution in [2.75, 3.05) is 17.7 Å². The number of nitrogen functional groups attached to an aromatic ring is 1. The van der Waals surface area contributed by atoms with Crippen LogP contribution in [-0.2, 0) is 12.7 Å². The third-order valence-corrected chi connectivity index (χ3v) is 3.22. The van der Waals surface area contributed by atoms with Crippen LogP contribution in [0, 0.1) is 6.92 Å². The van der Waals surface area contributed by atoms with Crippen LogP contribution in [0.3, 0.4) is 0 Å². The molecule has 2 aromatic rings. The van der Waals surface area contributed by atoms with Crippen LogP contribution in [0.25, 0.3) is 0 Å². The van der Waals surface area contributed by atoms with Crippen molar-refractivity contribution in [2.24, 2.45) is 0 Å². The molecule has 0 atom stereocenters. The van der Waals surface area contributed by atoms with Crippen molar-refractivity contribution in [1.29, 1.82) is 0 Å². The van der Waals surface area contributed by atoms with Crippen molar-refractivity contribution in [2.45, 2.75) is 19.6 Å². The highest BCUT2D eigenvalue weighted by Crippen LogP contribution is 2.32. The number of pyridine rings is 1. The molecule has 1 aromatic heterocycles. The second-order valence-corrected chi connectivity index (χ2v) is 4.92. The number of alkyl halides is 3.